The summed E-state index contributed by atoms with van der Waals surface area (Å²) >= 11 is -0.346. The van der Waals surface area contributed by atoms with Crippen LogP contribution in [0.5, 0.6) is 0 Å². The molecule has 206 valence electrons. The number of hydrogen-bond acceptors (Lipinski definition) is 8. The van der Waals surface area contributed by atoms with Crippen LogP contribution in [0.25, 0.3) is 0 Å². The van der Waals surface area contributed by atoms with Crippen LogP contribution in [0.4, 0.5) is 13.2 Å². The zero-order chi connectivity index (χ0) is 27.4. The minimum atomic E-state index is -6.09. The molecule has 0 N–H and O–H groups in total. The number of alkyl halides is 3. The molecule has 17 heteroatoms. The van der Waals surface area contributed by atoms with Crippen LogP contribution in [0.3, 0.4) is 0 Å². The molecule has 0 aromatic heterocycles. The van der Waals surface area contributed by atoms with Crippen molar-refractivity contribution in [2.75, 3.05) is 48.2 Å². The maximum absolute atomic E-state index is 10.7. The number of quaternary nitrogens is 1. The fourth-order valence-corrected chi connectivity index (χ4v) is 5.81. The summed E-state index contributed by atoms with van der Waals surface area (Å²) in [6, 6.07) is 0. The van der Waals surface area contributed by atoms with Crippen molar-refractivity contribution in [3.8, 4) is 0 Å². The van der Waals surface area contributed by atoms with Crippen LogP contribution in [0.2, 0.25) is 0 Å². The summed E-state index contributed by atoms with van der Waals surface area (Å²) in [4.78, 5) is 0. The average molecular weight is 673 g/mol. The zero-order valence-corrected chi connectivity index (χ0v) is 25.5. The number of rotatable bonds is 1. The van der Waals surface area contributed by atoms with Gasteiger partial charge in [-0.3, -0.25) is 0 Å². The average Bonchev–Trinajstić information content (AvgIpc) is 2.72. The Kier molecular flexibility index (Phi) is 13.6. The SMILES string of the molecule is CN1N2CN3C[N+](C)(C2)N(C)P1N3C.C[C]1[CH][CH][C](C(C)C)[CH][CH]1.O=S(=O)([O-])C(F)(F)F.[Cl][Ru][Cl]. The van der Waals surface area contributed by atoms with Crippen LogP contribution in [0.15, 0.2) is 0 Å². The van der Waals surface area contributed by atoms with E-state index in [-0.39, 0.29) is 23.5 Å². The van der Waals surface area contributed by atoms with E-state index in [1.807, 2.05) is 0 Å². The molecule has 0 aromatic carbocycles. The van der Waals surface area contributed by atoms with Crippen LogP contribution >= 0.6 is 27.8 Å². The van der Waals surface area contributed by atoms with Gasteiger partial charge in [0.05, 0.1) is 13.7 Å². The van der Waals surface area contributed by atoms with E-state index in [9.17, 15) is 13.2 Å². The maximum atomic E-state index is 10.7. The first kappa shape index (κ1) is 34.1. The van der Waals surface area contributed by atoms with E-state index in [4.69, 9.17) is 32.4 Å². The van der Waals surface area contributed by atoms with Crippen LogP contribution in [-0.4, -0.2) is 95.6 Å². The van der Waals surface area contributed by atoms with Crippen molar-refractivity contribution in [1.29, 1.82) is 0 Å². The van der Waals surface area contributed by atoms with Crippen molar-refractivity contribution >= 4 is 37.9 Å². The molecular weight excluding hydrogens is 640 g/mol. The van der Waals surface area contributed by atoms with E-state index >= 15 is 0 Å². The molecule has 9 nitrogen and oxygen atoms in total. The van der Waals surface area contributed by atoms with Crippen molar-refractivity contribution in [1.82, 2.24) is 24.4 Å². The standard InChI is InChI=1S/C10H14.C7H18N6P.CHF3O3S.2ClH.Ru/c1-8(2)10-6-4-9(3)5-7-10;1-8-11-5-12-7-13(4,6-11)10(3)14(8)9(12)2;2-1(3,4)8(5,6)7;;;/h4-8H,1-3H3;5-7H2,1-4H3;(H,5,6,7);2*1H;/q;+1;;;;+2/p-3. The summed E-state index contributed by atoms with van der Waals surface area (Å²) in [6.45, 7) is 9.80. The summed E-state index contributed by atoms with van der Waals surface area (Å²) in [5, 5.41) is 4.88. The van der Waals surface area contributed by atoms with Crippen molar-refractivity contribution in [2.24, 2.45) is 5.92 Å². The normalized spacial score (nSPS) is 32.5. The van der Waals surface area contributed by atoms with E-state index in [2.05, 4.69) is 99.0 Å². The van der Waals surface area contributed by atoms with Gasteiger partial charge in [-0.2, -0.15) is 32.7 Å². The molecule has 6 radical (unpaired) electrons. The van der Waals surface area contributed by atoms with Gasteiger partial charge in [0, 0.05) is 21.1 Å². The molecule has 0 amide bonds. The topological polar surface area (TPSA) is 73.4 Å². The third-order valence-corrected chi connectivity index (χ3v) is 8.64. The van der Waals surface area contributed by atoms with E-state index < -0.39 is 15.6 Å². The van der Waals surface area contributed by atoms with Gasteiger partial charge in [-0.1, -0.05) is 20.8 Å². The monoisotopic (exact) mass is 672 g/mol. The van der Waals surface area contributed by atoms with Gasteiger partial charge in [0.2, 0.25) is 8.37 Å². The van der Waals surface area contributed by atoms with Crippen molar-refractivity contribution in [3.05, 3.63) is 37.5 Å². The summed E-state index contributed by atoms with van der Waals surface area (Å²) < 4.78 is 67.2. The molecule has 4 aliphatic heterocycles. The third kappa shape index (κ3) is 9.36. The molecule has 5 aliphatic rings. The molecule has 4 heterocycles. The summed E-state index contributed by atoms with van der Waals surface area (Å²) in [7, 11) is 12.2. The molecule has 1 aliphatic carbocycles. The number of nitrogens with zero attached hydrogens (tertiary/aromatic N) is 6. The fraction of sp³-hybridized carbons (Fsp3) is 0.667. The Morgan fingerprint density at radius 1 is 1.06 bits per heavy atom. The second-order valence-electron chi connectivity index (χ2n) is 8.53. The first-order valence-electron chi connectivity index (χ1n) is 10.2. The molecule has 0 aromatic rings. The quantitative estimate of drug-likeness (QED) is 0.137. The first-order valence-corrected chi connectivity index (χ1v) is 17.3. The molecule has 4 bridgehead atoms. The molecule has 0 spiro atoms. The van der Waals surface area contributed by atoms with Crippen LogP contribution in [0, 0.1) is 43.4 Å². The van der Waals surface area contributed by atoms with Gasteiger partial charge in [-0.25, -0.2) is 13.0 Å². The predicted molar refractivity (Wildman–Crippen MR) is 126 cm³/mol. The molecule has 5 fully saturated rings. The molecule has 35 heavy (non-hydrogen) atoms. The van der Waals surface area contributed by atoms with Crippen molar-refractivity contribution in [3.63, 3.8) is 0 Å². The van der Waals surface area contributed by atoms with E-state index in [0.29, 0.717) is 5.92 Å². The molecule has 2 unspecified atom stereocenters. The number of halogens is 5. The Morgan fingerprint density at radius 2 is 1.43 bits per heavy atom. The second-order valence-corrected chi connectivity index (χ2v) is 14.8. The number of hydrogen-bond donors (Lipinski definition) is 0. The molecule has 5 rings (SSSR count). The summed E-state index contributed by atoms with van der Waals surface area (Å²) in [5.74, 6) is 3.41. The minimum absolute atomic E-state index is 0.320. The Morgan fingerprint density at radius 3 is 1.74 bits per heavy atom. The Bertz CT molecular complexity index is 750. The van der Waals surface area contributed by atoms with Gasteiger partial charge >= 0.3 is 40.0 Å². The predicted octanol–water partition coefficient (Wildman–Crippen LogP) is 3.79. The second kappa shape index (κ2) is 13.9. The summed E-state index contributed by atoms with van der Waals surface area (Å²) in [5.41, 5.74) is -5.65. The van der Waals surface area contributed by atoms with Gasteiger partial charge in [-0.15, -0.1) is 4.78 Å². The van der Waals surface area contributed by atoms with Gasteiger partial charge in [0.25, 0.3) is 0 Å². The third-order valence-electron chi connectivity index (χ3n) is 5.58. The van der Waals surface area contributed by atoms with Gasteiger partial charge in [0.1, 0.15) is 0 Å². The van der Waals surface area contributed by atoms with E-state index in [0.717, 1.165) is 24.6 Å². The fourth-order valence-electron chi connectivity index (χ4n) is 3.51. The molecule has 4 saturated heterocycles. The molecule has 1 saturated carbocycles. The van der Waals surface area contributed by atoms with E-state index in [1.54, 1.807) is 0 Å². The van der Waals surface area contributed by atoms with Crippen LogP contribution in [0.1, 0.15) is 20.8 Å². The zero-order valence-electron chi connectivity index (χ0n) is 20.5. The summed E-state index contributed by atoms with van der Waals surface area (Å²) in [6.07, 6.45) is 8.71. The van der Waals surface area contributed by atoms with Gasteiger partial charge < -0.3 is 4.55 Å². The van der Waals surface area contributed by atoms with Crippen LogP contribution < -0.4 is 0 Å². The first-order chi connectivity index (χ1) is 15.9. The van der Waals surface area contributed by atoms with E-state index in [1.165, 1.54) is 11.8 Å². The van der Waals surface area contributed by atoms with Crippen molar-refractivity contribution < 1.29 is 45.9 Å². The molecular formula is C18H32Cl2F3N6O3PRuS. The Labute approximate surface area is 225 Å². The van der Waals surface area contributed by atoms with Gasteiger partial charge in [-0.05, 0) is 43.4 Å². The van der Waals surface area contributed by atoms with Gasteiger partial charge in [0.15, 0.2) is 23.5 Å². The van der Waals surface area contributed by atoms with Crippen molar-refractivity contribution in [2.45, 2.75) is 26.3 Å². The Hall–Kier alpha value is 1.09. The Balaban J connectivity index is 0.000000260. The molecule has 2 atom stereocenters. The van der Waals surface area contributed by atoms with Crippen LogP contribution in [-0.2, 0) is 25.3 Å². The number of hydrazine groups is 2.